The lowest BCUT2D eigenvalue weighted by Gasteiger charge is -2.09. The number of carbonyl (C=O) groups excluding carboxylic acids is 1. The fourth-order valence-corrected chi connectivity index (χ4v) is 4.47. The Balaban J connectivity index is 1.20. The number of hydrogen-bond acceptors (Lipinski definition) is 6. The molecule has 7 nitrogen and oxygen atoms in total. The van der Waals surface area contributed by atoms with Crippen molar-refractivity contribution in [2.45, 2.75) is 13.3 Å². The first-order valence-corrected chi connectivity index (χ1v) is 13.0. The fraction of sp³-hybridized carbons (Fsp3) is 0.0690. The summed E-state index contributed by atoms with van der Waals surface area (Å²) in [6.07, 6.45) is 3.68. The summed E-state index contributed by atoms with van der Waals surface area (Å²) in [5.41, 5.74) is 4.07. The van der Waals surface area contributed by atoms with E-state index < -0.39 is 5.91 Å². The Kier molecular flexibility index (Phi) is 7.70. The van der Waals surface area contributed by atoms with Gasteiger partial charge in [-0.05, 0) is 78.8 Å². The third-order valence-electron chi connectivity index (χ3n) is 5.83. The zero-order valence-corrected chi connectivity index (χ0v) is 22.8. The first-order chi connectivity index (χ1) is 18.8. The lowest BCUT2D eigenvalue weighted by Crippen LogP contribution is -2.32. The van der Waals surface area contributed by atoms with Crippen molar-refractivity contribution >= 4 is 69.3 Å². The van der Waals surface area contributed by atoms with Gasteiger partial charge in [0.2, 0.25) is 11.8 Å². The molecule has 0 aliphatic rings. The molecule has 39 heavy (non-hydrogen) atoms. The summed E-state index contributed by atoms with van der Waals surface area (Å²) in [6, 6.07) is 19.3. The molecule has 0 saturated heterocycles. The van der Waals surface area contributed by atoms with E-state index in [9.17, 15) is 9.90 Å². The number of hydrogen-bond donors (Lipinski definition) is 3. The van der Waals surface area contributed by atoms with Crippen LogP contribution in [-0.2, 0) is 11.2 Å². The van der Waals surface area contributed by atoms with E-state index in [0.717, 1.165) is 17.5 Å². The van der Waals surface area contributed by atoms with Gasteiger partial charge in [-0.2, -0.15) is 0 Å². The minimum Gasteiger partial charge on any atom is -0.507 e. The fourth-order valence-electron chi connectivity index (χ4n) is 3.85. The van der Waals surface area contributed by atoms with E-state index >= 15 is 0 Å². The predicted octanol–water partition coefficient (Wildman–Crippen LogP) is 7.86. The van der Waals surface area contributed by atoms with Crippen LogP contribution in [0.2, 0.25) is 10.0 Å². The summed E-state index contributed by atoms with van der Waals surface area (Å²) >= 11 is 17.5. The largest absolute Gasteiger partial charge is 0.507 e. The molecule has 5 rings (SSSR count). The van der Waals surface area contributed by atoms with Gasteiger partial charge in [-0.1, -0.05) is 42.3 Å². The Morgan fingerprint density at radius 3 is 2.69 bits per heavy atom. The molecule has 0 spiro atoms. The Hall–Kier alpha value is -4.11. The van der Waals surface area contributed by atoms with Crippen molar-refractivity contribution in [3.8, 4) is 28.5 Å². The molecule has 0 fully saturated rings. The van der Waals surface area contributed by atoms with Gasteiger partial charge in [0.05, 0.1) is 15.6 Å². The molecule has 0 saturated carbocycles. The smallest absolute Gasteiger partial charge is 0.250 e. The molecule has 2 heterocycles. The van der Waals surface area contributed by atoms with Crippen molar-refractivity contribution in [2.75, 3.05) is 5.32 Å². The number of thiocarbonyl (C=S) groups is 1. The normalized spacial score (nSPS) is 11.3. The number of rotatable bonds is 6. The van der Waals surface area contributed by atoms with Crippen LogP contribution in [0.3, 0.4) is 0 Å². The van der Waals surface area contributed by atoms with Crippen LogP contribution in [0.25, 0.3) is 40.0 Å². The number of aryl methyl sites for hydroxylation is 1. The summed E-state index contributed by atoms with van der Waals surface area (Å²) in [5.74, 6) is 0.754. The number of anilines is 1. The Bertz CT molecular complexity index is 1740. The minimum absolute atomic E-state index is 0.0512. The molecule has 1 amide bonds. The summed E-state index contributed by atoms with van der Waals surface area (Å²) in [6.45, 7) is 2.07. The molecule has 196 valence electrons. The Morgan fingerprint density at radius 1 is 1.05 bits per heavy atom. The van der Waals surface area contributed by atoms with Gasteiger partial charge in [0.1, 0.15) is 22.8 Å². The van der Waals surface area contributed by atoms with Gasteiger partial charge in [0.15, 0.2) is 10.7 Å². The lowest BCUT2D eigenvalue weighted by molar-refractivity contribution is -0.115. The molecule has 0 radical (unpaired) electrons. The van der Waals surface area contributed by atoms with Crippen LogP contribution in [0.5, 0.6) is 5.75 Å². The zero-order chi connectivity index (χ0) is 27.5. The highest BCUT2D eigenvalue weighted by atomic mass is 35.5. The number of halogens is 2. The molecular formula is C29H21Cl2N3O4S. The SMILES string of the molecule is CCc1ccc2oc(-c3ccc(NC(=S)NC(=O)C=Cc4ccc(-c5cccc(Cl)c5Cl)o4)cc3O)nc2c1. The number of amides is 1. The van der Waals surface area contributed by atoms with E-state index in [-0.39, 0.29) is 10.9 Å². The van der Waals surface area contributed by atoms with Gasteiger partial charge in [0.25, 0.3) is 0 Å². The van der Waals surface area contributed by atoms with Crippen LogP contribution in [0.15, 0.2) is 81.6 Å². The second-order valence-electron chi connectivity index (χ2n) is 8.49. The summed E-state index contributed by atoms with van der Waals surface area (Å²) < 4.78 is 11.6. The molecule has 3 aromatic carbocycles. The maximum absolute atomic E-state index is 12.4. The van der Waals surface area contributed by atoms with Crippen LogP contribution >= 0.6 is 35.4 Å². The second kappa shape index (κ2) is 11.3. The number of furan rings is 1. The average molecular weight is 578 g/mol. The number of nitrogens with zero attached hydrogens (tertiary/aromatic N) is 1. The summed E-state index contributed by atoms with van der Waals surface area (Å²) in [7, 11) is 0. The van der Waals surface area contributed by atoms with Gasteiger partial charge < -0.3 is 19.3 Å². The van der Waals surface area contributed by atoms with E-state index in [1.54, 1.807) is 42.5 Å². The molecule has 0 aliphatic heterocycles. The van der Waals surface area contributed by atoms with Crippen molar-refractivity contribution < 1.29 is 18.7 Å². The standard InChI is InChI=1S/C29H21Cl2N3O4S/c1-2-16-6-11-25-22(14-16)33-28(38-25)19-10-7-17(15-23(19)35)32-29(39)34-26(36)13-9-18-8-12-24(37-18)20-4-3-5-21(30)27(20)31/h3-15,35H,2H2,1H3,(H2,32,34,36,39). The third kappa shape index (κ3) is 5.98. The topological polar surface area (TPSA) is 101 Å². The van der Waals surface area contributed by atoms with Crippen molar-refractivity contribution in [2.24, 2.45) is 0 Å². The highest BCUT2D eigenvalue weighted by Crippen LogP contribution is 2.35. The van der Waals surface area contributed by atoms with Crippen LogP contribution in [0.4, 0.5) is 5.69 Å². The number of phenolic OH excluding ortho intramolecular Hbond substituents is 1. The number of carbonyl (C=O) groups is 1. The van der Waals surface area contributed by atoms with Crippen molar-refractivity contribution in [3.63, 3.8) is 0 Å². The van der Waals surface area contributed by atoms with E-state index in [1.807, 2.05) is 18.2 Å². The van der Waals surface area contributed by atoms with Crippen molar-refractivity contribution in [1.82, 2.24) is 10.3 Å². The number of benzene rings is 3. The van der Waals surface area contributed by atoms with E-state index in [0.29, 0.717) is 49.9 Å². The van der Waals surface area contributed by atoms with Crippen molar-refractivity contribution in [3.05, 3.63) is 94.2 Å². The average Bonchev–Trinajstić information content (AvgIpc) is 3.55. The maximum atomic E-state index is 12.4. The van der Waals surface area contributed by atoms with E-state index in [4.69, 9.17) is 44.3 Å². The molecule has 0 aliphatic carbocycles. The number of fused-ring (bicyclic) bond motifs is 1. The number of nitrogens with one attached hydrogen (secondary N) is 2. The third-order valence-corrected chi connectivity index (χ3v) is 6.85. The number of aromatic hydroxyl groups is 1. The van der Waals surface area contributed by atoms with Crippen LogP contribution in [-0.4, -0.2) is 21.1 Å². The molecule has 10 heteroatoms. The summed E-state index contributed by atoms with van der Waals surface area (Å²) in [4.78, 5) is 16.9. The van der Waals surface area contributed by atoms with Crippen LogP contribution < -0.4 is 10.6 Å². The van der Waals surface area contributed by atoms with Gasteiger partial charge in [-0.3, -0.25) is 10.1 Å². The van der Waals surface area contributed by atoms with Gasteiger partial charge >= 0.3 is 0 Å². The van der Waals surface area contributed by atoms with Gasteiger partial charge in [-0.15, -0.1) is 0 Å². The quantitative estimate of drug-likeness (QED) is 0.139. The molecule has 0 unspecified atom stereocenters. The molecular weight excluding hydrogens is 557 g/mol. The number of oxazole rings is 1. The molecule has 3 N–H and O–H groups in total. The van der Waals surface area contributed by atoms with Gasteiger partial charge in [0, 0.05) is 23.4 Å². The number of aromatic nitrogens is 1. The van der Waals surface area contributed by atoms with E-state index in [1.165, 1.54) is 18.2 Å². The van der Waals surface area contributed by atoms with E-state index in [2.05, 4.69) is 22.5 Å². The summed E-state index contributed by atoms with van der Waals surface area (Å²) in [5, 5.41) is 16.9. The second-order valence-corrected chi connectivity index (χ2v) is 9.68. The highest BCUT2D eigenvalue weighted by Gasteiger charge is 2.14. The van der Waals surface area contributed by atoms with Crippen LogP contribution in [0, 0.1) is 0 Å². The van der Waals surface area contributed by atoms with Crippen molar-refractivity contribution in [1.29, 1.82) is 0 Å². The molecule has 0 bridgehead atoms. The minimum atomic E-state index is -0.468. The highest BCUT2D eigenvalue weighted by molar-refractivity contribution is 7.80. The zero-order valence-electron chi connectivity index (χ0n) is 20.5. The number of phenols is 1. The first kappa shape index (κ1) is 26.5. The van der Waals surface area contributed by atoms with Gasteiger partial charge in [-0.25, -0.2) is 4.98 Å². The predicted molar refractivity (Wildman–Crippen MR) is 158 cm³/mol. The van der Waals surface area contributed by atoms with Crippen LogP contribution in [0.1, 0.15) is 18.2 Å². The maximum Gasteiger partial charge on any atom is 0.250 e. The monoisotopic (exact) mass is 577 g/mol. The lowest BCUT2D eigenvalue weighted by atomic mass is 10.1. The Morgan fingerprint density at radius 2 is 1.90 bits per heavy atom. The molecule has 0 atom stereocenters. The first-order valence-electron chi connectivity index (χ1n) is 11.9. The molecule has 2 aromatic heterocycles. The molecule has 5 aromatic rings. The Labute approximate surface area is 239 Å².